The van der Waals surface area contributed by atoms with Gasteiger partial charge in [-0.3, -0.25) is 19.8 Å². The minimum Gasteiger partial charge on any atom is -0.466 e. The number of amides is 2. The van der Waals surface area contributed by atoms with Crippen molar-refractivity contribution in [1.29, 1.82) is 5.41 Å². The Morgan fingerprint density at radius 1 is 1.21 bits per heavy atom. The molecule has 1 heterocycles. The monoisotopic (exact) mass is 528 g/mol. The average molecular weight is 529 g/mol. The van der Waals surface area contributed by atoms with Crippen LogP contribution in [-0.4, -0.2) is 85.0 Å². The molecule has 3 rings (SSSR count). The Bertz CT molecular complexity index is 923. The maximum atomic E-state index is 13.6. The van der Waals surface area contributed by atoms with Crippen LogP contribution in [0.4, 0.5) is 0 Å². The van der Waals surface area contributed by atoms with Crippen LogP contribution in [0.25, 0.3) is 0 Å². The molecule has 10 heteroatoms. The molecular formula is C28H44N6O4. The highest BCUT2D eigenvalue weighted by molar-refractivity contribution is 5.89. The van der Waals surface area contributed by atoms with Crippen LogP contribution in [0.3, 0.4) is 0 Å². The van der Waals surface area contributed by atoms with Gasteiger partial charge in [-0.25, -0.2) is 0 Å². The van der Waals surface area contributed by atoms with E-state index in [0.717, 1.165) is 45.1 Å². The summed E-state index contributed by atoms with van der Waals surface area (Å²) in [5.41, 5.74) is 6.87. The summed E-state index contributed by atoms with van der Waals surface area (Å²) < 4.78 is 5.05. The molecule has 38 heavy (non-hydrogen) atoms. The van der Waals surface area contributed by atoms with Crippen LogP contribution < -0.4 is 16.4 Å². The second-order valence-electron chi connectivity index (χ2n) is 10.3. The summed E-state index contributed by atoms with van der Waals surface area (Å²) in [6, 6.07) is 9.64. The first-order valence-electron chi connectivity index (χ1n) is 14.0. The molecule has 2 atom stereocenters. The molecule has 2 amide bonds. The van der Waals surface area contributed by atoms with E-state index in [4.69, 9.17) is 15.9 Å². The van der Waals surface area contributed by atoms with Gasteiger partial charge in [-0.05, 0) is 63.5 Å². The van der Waals surface area contributed by atoms with E-state index >= 15 is 0 Å². The summed E-state index contributed by atoms with van der Waals surface area (Å²) in [5.74, 6) is -0.346. The van der Waals surface area contributed by atoms with Crippen molar-refractivity contribution in [2.75, 3.05) is 39.3 Å². The van der Waals surface area contributed by atoms with Crippen LogP contribution in [0.2, 0.25) is 0 Å². The standard InChI is InChI=1S/C28H44N6O4/c1-2-38-26(36)14-17-34(23-12-13-23)27(37)24(31-15-6-10-21-8-4-3-5-9-21)18-25(35)32-19-22-11-7-16-33(20-22)28(29)30/h3-5,8-9,22-24,31H,2,6-7,10-20H2,1H3,(H3,29,30)(H,32,35)/t22-,24-/m0/s1. The Labute approximate surface area is 226 Å². The average Bonchev–Trinajstić information content (AvgIpc) is 3.75. The van der Waals surface area contributed by atoms with Crippen molar-refractivity contribution >= 4 is 23.7 Å². The van der Waals surface area contributed by atoms with E-state index in [-0.39, 0.29) is 48.5 Å². The molecule has 0 aromatic heterocycles. The molecule has 10 nitrogen and oxygen atoms in total. The van der Waals surface area contributed by atoms with Crippen molar-refractivity contribution in [2.24, 2.45) is 11.7 Å². The number of nitrogens with zero attached hydrogens (tertiary/aromatic N) is 2. The molecule has 1 aromatic carbocycles. The Balaban J connectivity index is 1.56. The summed E-state index contributed by atoms with van der Waals surface area (Å²) >= 11 is 0. The van der Waals surface area contributed by atoms with Crippen LogP contribution in [-0.2, 0) is 25.5 Å². The van der Waals surface area contributed by atoms with Crippen molar-refractivity contribution in [3.63, 3.8) is 0 Å². The molecule has 0 radical (unpaired) electrons. The third-order valence-corrected chi connectivity index (χ3v) is 7.14. The fourth-order valence-electron chi connectivity index (χ4n) is 4.93. The van der Waals surface area contributed by atoms with E-state index in [1.165, 1.54) is 5.56 Å². The SMILES string of the molecule is CCOC(=O)CCN(C(=O)[C@H](CC(=O)NC[C@@H]1CCCN(C(=N)N)C1)NCCCc1ccccc1)C1CC1. The molecule has 5 N–H and O–H groups in total. The first-order chi connectivity index (χ1) is 18.4. The minimum atomic E-state index is -0.659. The highest BCUT2D eigenvalue weighted by Crippen LogP contribution is 2.28. The summed E-state index contributed by atoms with van der Waals surface area (Å²) in [7, 11) is 0. The van der Waals surface area contributed by atoms with Gasteiger partial charge in [0.25, 0.3) is 0 Å². The van der Waals surface area contributed by atoms with Crippen molar-refractivity contribution in [3.8, 4) is 0 Å². The lowest BCUT2D eigenvalue weighted by atomic mass is 9.98. The number of hydrogen-bond donors (Lipinski definition) is 4. The van der Waals surface area contributed by atoms with E-state index in [2.05, 4.69) is 22.8 Å². The van der Waals surface area contributed by atoms with Gasteiger partial charge in [0.05, 0.1) is 25.5 Å². The van der Waals surface area contributed by atoms with Gasteiger partial charge in [-0.15, -0.1) is 0 Å². The Kier molecular flexibility index (Phi) is 11.9. The molecule has 2 aliphatic rings. The third kappa shape index (κ3) is 9.96. The first kappa shape index (κ1) is 29.4. The van der Waals surface area contributed by atoms with Gasteiger partial charge < -0.3 is 30.9 Å². The molecule has 0 bridgehead atoms. The lowest BCUT2D eigenvalue weighted by Crippen LogP contribution is -2.51. The summed E-state index contributed by atoms with van der Waals surface area (Å²) in [4.78, 5) is 42.1. The van der Waals surface area contributed by atoms with Gasteiger partial charge in [-0.1, -0.05) is 30.3 Å². The van der Waals surface area contributed by atoms with Gasteiger partial charge in [0.2, 0.25) is 11.8 Å². The lowest BCUT2D eigenvalue weighted by molar-refractivity contribution is -0.144. The maximum absolute atomic E-state index is 13.6. The lowest BCUT2D eigenvalue weighted by Gasteiger charge is -2.33. The number of nitrogens with two attached hydrogens (primary N) is 1. The molecule has 1 saturated heterocycles. The minimum absolute atomic E-state index is 0.0376. The van der Waals surface area contributed by atoms with Crippen molar-refractivity contribution in [1.82, 2.24) is 20.4 Å². The molecule has 1 aliphatic heterocycles. The van der Waals surface area contributed by atoms with Crippen molar-refractivity contribution in [3.05, 3.63) is 35.9 Å². The normalized spacial score (nSPS) is 17.9. The van der Waals surface area contributed by atoms with Gasteiger partial charge in [-0.2, -0.15) is 0 Å². The Morgan fingerprint density at radius 3 is 2.66 bits per heavy atom. The molecule has 0 spiro atoms. The van der Waals surface area contributed by atoms with Crippen LogP contribution in [0.15, 0.2) is 30.3 Å². The predicted molar refractivity (Wildman–Crippen MR) is 146 cm³/mol. The highest BCUT2D eigenvalue weighted by atomic mass is 16.5. The zero-order valence-corrected chi connectivity index (χ0v) is 22.6. The molecular weight excluding hydrogens is 484 g/mol. The van der Waals surface area contributed by atoms with Gasteiger partial charge in [0, 0.05) is 32.2 Å². The first-order valence-corrected chi connectivity index (χ1v) is 14.0. The number of ether oxygens (including phenoxy) is 1. The molecule has 1 aliphatic carbocycles. The van der Waals surface area contributed by atoms with Crippen LogP contribution in [0, 0.1) is 11.3 Å². The Morgan fingerprint density at radius 2 is 1.97 bits per heavy atom. The topological polar surface area (TPSA) is 141 Å². The molecule has 2 fully saturated rings. The van der Waals surface area contributed by atoms with Gasteiger partial charge in [0.15, 0.2) is 5.96 Å². The fourth-order valence-corrected chi connectivity index (χ4v) is 4.93. The number of rotatable bonds is 15. The van der Waals surface area contributed by atoms with E-state index in [1.54, 1.807) is 11.8 Å². The molecule has 0 unspecified atom stereocenters. The zero-order chi connectivity index (χ0) is 27.3. The van der Waals surface area contributed by atoms with Gasteiger partial charge in [0.1, 0.15) is 0 Å². The number of likely N-dealkylation sites (tertiary alicyclic amines) is 1. The van der Waals surface area contributed by atoms with E-state index < -0.39 is 6.04 Å². The molecule has 210 valence electrons. The number of hydrogen-bond acceptors (Lipinski definition) is 6. The van der Waals surface area contributed by atoms with Crippen molar-refractivity contribution in [2.45, 2.75) is 70.4 Å². The van der Waals surface area contributed by atoms with E-state index in [0.29, 0.717) is 32.8 Å². The van der Waals surface area contributed by atoms with Gasteiger partial charge >= 0.3 is 5.97 Å². The number of guanidine groups is 1. The summed E-state index contributed by atoms with van der Waals surface area (Å²) in [6.07, 6.45) is 5.63. The Hall–Kier alpha value is -3.14. The number of esters is 1. The largest absolute Gasteiger partial charge is 0.466 e. The second-order valence-corrected chi connectivity index (χ2v) is 10.3. The number of carbonyl (C=O) groups is 3. The highest BCUT2D eigenvalue weighted by Gasteiger charge is 2.36. The maximum Gasteiger partial charge on any atom is 0.307 e. The van der Waals surface area contributed by atoms with Crippen molar-refractivity contribution < 1.29 is 19.1 Å². The summed E-state index contributed by atoms with van der Waals surface area (Å²) in [6.45, 7) is 4.89. The molecule has 1 aromatic rings. The number of piperidine rings is 1. The van der Waals surface area contributed by atoms with Crippen LogP contribution >= 0.6 is 0 Å². The van der Waals surface area contributed by atoms with Crippen LogP contribution in [0.5, 0.6) is 0 Å². The second kappa shape index (κ2) is 15.3. The fraction of sp³-hybridized carbons (Fsp3) is 0.643. The number of aryl methyl sites for hydroxylation is 1. The van der Waals surface area contributed by atoms with E-state index in [1.807, 2.05) is 23.1 Å². The quantitative estimate of drug-likeness (QED) is 0.117. The molecule has 1 saturated carbocycles. The number of benzene rings is 1. The number of carbonyl (C=O) groups excluding carboxylic acids is 3. The van der Waals surface area contributed by atoms with Crippen LogP contribution in [0.1, 0.15) is 57.4 Å². The summed E-state index contributed by atoms with van der Waals surface area (Å²) in [5, 5.41) is 14.0. The zero-order valence-electron chi connectivity index (χ0n) is 22.6. The third-order valence-electron chi connectivity index (χ3n) is 7.14. The predicted octanol–water partition coefficient (Wildman–Crippen LogP) is 1.63. The number of nitrogens with one attached hydrogen (secondary N) is 3. The van der Waals surface area contributed by atoms with E-state index in [9.17, 15) is 14.4 Å². The smallest absolute Gasteiger partial charge is 0.307 e.